The molecule has 0 heterocycles. The van der Waals surface area contributed by atoms with Gasteiger partial charge in [-0.1, -0.05) is 48.5 Å². The molecule has 0 radical (unpaired) electrons. The van der Waals surface area contributed by atoms with Gasteiger partial charge in [0.2, 0.25) is 0 Å². The molecule has 0 atom stereocenters. The van der Waals surface area contributed by atoms with Gasteiger partial charge in [0.1, 0.15) is 5.82 Å². The number of halogens is 1. The highest BCUT2D eigenvalue weighted by Crippen LogP contribution is 2.22. The number of nitrogens with zero attached hydrogens (tertiary/aromatic N) is 1. The standard InChI is InChI=1S/C22H18FN3O/c23-21-11-17(9-10-19(21)13-25)16-7-5-15(6-8-16)14-26-22(27)20-4-2-1-3-18(20)12-24/h1-11H,13-14,25H2,(H,26,27). The Morgan fingerprint density at radius 3 is 2.41 bits per heavy atom. The molecular formula is C22H18FN3O. The summed E-state index contributed by atoms with van der Waals surface area (Å²) in [5.41, 5.74) is 9.21. The van der Waals surface area contributed by atoms with Crippen LogP contribution in [0.1, 0.15) is 27.0 Å². The molecule has 0 aliphatic rings. The summed E-state index contributed by atoms with van der Waals surface area (Å²) < 4.78 is 13.9. The summed E-state index contributed by atoms with van der Waals surface area (Å²) in [6.45, 7) is 0.499. The molecule has 0 bridgehead atoms. The van der Waals surface area contributed by atoms with Gasteiger partial charge in [-0.2, -0.15) is 5.26 Å². The summed E-state index contributed by atoms with van der Waals surface area (Å²) in [7, 11) is 0. The van der Waals surface area contributed by atoms with Gasteiger partial charge in [-0.25, -0.2) is 4.39 Å². The fourth-order valence-electron chi connectivity index (χ4n) is 2.76. The van der Waals surface area contributed by atoms with Crippen LogP contribution < -0.4 is 11.1 Å². The fraction of sp³-hybridized carbons (Fsp3) is 0.0909. The summed E-state index contributed by atoms with van der Waals surface area (Å²) in [5.74, 6) is -0.613. The van der Waals surface area contributed by atoms with Crippen LogP contribution in [0.2, 0.25) is 0 Å². The number of carbonyl (C=O) groups is 1. The largest absolute Gasteiger partial charge is 0.348 e. The van der Waals surface area contributed by atoms with E-state index in [4.69, 9.17) is 11.0 Å². The number of hydrogen-bond donors (Lipinski definition) is 2. The van der Waals surface area contributed by atoms with E-state index in [9.17, 15) is 9.18 Å². The molecule has 4 nitrogen and oxygen atoms in total. The van der Waals surface area contributed by atoms with Gasteiger partial charge in [0.15, 0.2) is 0 Å². The molecule has 27 heavy (non-hydrogen) atoms. The van der Waals surface area contributed by atoms with Gasteiger partial charge < -0.3 is 11.1 Å². The Labute approximate surface area is 157 Å². The number of rotatable bonds is 5. The number of benzene rings is 3. The molecule has 0 unspecified atom stereocenters. The molecule has 3 rings (SSSR count). The van der Waals surface area contributed by atoms with E-state index in [-0.39, 0.29) is 18.3 Å². The lowest BCUT2D eigenvalue weighted by molar-refractivity contribution is 0.0950. The second-order valence-corrected chi connectivity index (χ2v) is 6.05. The van der Waals surface area contributed by atoms with Gasteiger partial charge in [-0.3, -0.25) is 4.79 Å². The molecule has 5 heteroatoms. The van der Waals surface area contributed by atoms with Crippen LogP contribution in [-0.4, -0.2) is 5.91 Å². The van der Waals surface area contributed by atoms with Crippen molar-refractivity contribution in [1.82, 2.24) is 5.32 Å². The van der Waals surface area contributed by atoms with Crippen LogP contribution in [-0.2, 0) is 13.1 Å². The molecule has 134 valence electrons. The van der Waals surface area contributed by atoms with Crippen molar-refractivity contribution < 1.29 is 9.18 Å². The zero-order valence-electron chi connectivity index (χ0n) is 14.6. The third kappa shape index (κ3) is 4.20. The monoisotopic (exact) mass is 359 g/mol. The van der Waals surface area contributed by atoms with E-state index < -0.39 is 0 Å². The molecule has 0 aliphatic carbocycles. The zero-order chi connectivity index (χ0) is 19.2. The minimum absolute atomic E-state index is 0.166. The topological polar surface area (TPSA) is 78.9 Å². The predicted molar refractivity (Wildman–Crippen MR) is 102 cm³/mol. The minimum atomic E-state index is -0.317. The number of nitriles is 1. The number of nitrogens with one attached hydrogen (secondary N) is 1. The second-order valence-electron chi connectivity index (χ2n) is 6.05. The first kappa shape index (κ1) is 18.3. The number of carbonyl (C=O) groups excluding carboxylic acids is 1. The third-order valence-corrected chi connectivity index (χ3v) is 4.31. The van der Waals surface area contributed by atoms with Crippen LogP contribution in [0.15, 0.2) is 66.7 Å². The highest BCUT2D eigenvalue weighted by molar-refractivity contribution is 5.96. The molecule has 3 N–H and O–H groups in total. The molecule has 1 amide bonds. The van der Waals surface area contributed by atoms with Crippen molar-refractivity contribution in [3.05, 3.63) is 94.8 Å². The molecule has 3 aromatic rings. The Balaban J connectivity index is 1.68. The van der Waals surface area contributed by atoms with E-state index >= 15 is 0 Å². The van der Waals surface area contributed by atoms with Crippen molar-refractivity contribution in [2.75, 3.05) is 0 Å². The Hall–Kier alpha value is -3.49. The highest BCUT2D eigenvalue weighted by Gasteiger charge is 2.10. The summed E-state index contributed by atoms with van der Waals surface area (Å²) in [5, 5.41) is 11.9. The quantitative estimate of drug-likeness (QED) is 0.728. The zero-order valence-corrected chi connectivity index (χ0v) is 14.6. The normalized spacial score (nSPS) is 10.3. The molecular weight excluding hydrogens is 341 g/mol. The smallest absolute Gasteiger partial charge is 0.252 e. The van der Waals surface area contributed by atoms with Crippen molar-refractivity contribution >= 4 is 5.91 Å². The van der Waals surface area contributed by atoms with Crippen molar-refractivity contribution in [2.24, 2.45) is 5.73 Å². The van der Waals surface area contributed by atoms with Crippen LogP contribution in [0.3, 0.4) is 0 Å². The molecule has 0 saturated carbocycles. The Kier molecular flexibility index (Phi) is 5.60. The van der Waals surface area contributed by atoms with Crippen LogP contribution in [0.5, 0.6) is 0 Å². The van der Waals surface area contributed by atoms with Gasteiger partial charge in [0.25, 0.3) is 5.91 Å². The maximum Gasteiger partial charge on any atom is 0.252 e. The summed E-state index contributed by atoms with van der Waals surface area (Å²) in [6.07, 6.45) is 0. The molecule has 0 aliphatic heterocycles. The fourth-order valence-corrected chi connectivity index (χ4v) is 2.76. The van der Waals surface area contributed by atoms with E-state index in [0.717, 1.165) is 16.7 Å². The van der Waals surface area contributed by atoms with Gasteiger partial charge >= 0.3 is 0 Å². The van der Waals surface area contributed by atoms with Crippen LogP contribution in [0.25, 0.3) is 11.1 Å². The van der Waals surface area contributed by atoms with E-state index in [0.29, 0.717) is 23.2 Å². The Morgan fingerprint density at radius 1 is 1.04 bits per heavy atom. The number of hydrogen-bond acceptors (Lipinski definition) is 3. The van der Waals surface area contributed by atoms with Crippen LogP contribution in [0, 0.1) is 17.1 Å². The Morgan fingerprint density at radius 2 is 1.74 bits per heavy atom. The average molecular weight is 359 g/mol. The maximum atomic E-state index is 13.9. The number of nitrogens with two attached hydrogens (primary N) is 1. The van der Waals surface area contributed by atoms with Crippen LogP contribution >= 0.6 is 0 Å². The van der Waals surface area contributed by atoms with Crippen molar-refractivity contribution in [3.63, 3.8) is 0 Å². The second kappa shape index (κ2) is 8.26. The van der Waals surface area contributed by atoms with Gasteiger partial charge in [-0.15, -0.1) is 0 Å². The minimum Gasteiger partial charge on any atom is -0.348 e. The van der Waals surface area contributed by atoms with E-state index in [1.807, 2.05) is 36.4 Å². The average Bonchev–Trinajstić information content (AvgIpc) is 2.72. The summed E-state index contributed by atoms with van der Waals surface area (Å²) >= 11 is 0. The predicted octanol–water partition coefficient (Wildman–Crippen LogP) is 3.75. The first-order chi connectivity index (χ1) is 13.1. The van der Waals surface area contributed by atoms with Crippen LogP contribution in [0.4, 0.5) is 4.39 Å². The third-order valence-electron chi connectivity index (χ3n) is 4.31. The summed E-state index contributed by atoms with van der Waals surface area (Å²) in [4.78, 5) is 12.3. The molecule has 0 spiro atoms. The number of amides is 1. The summed E-state index contributed by atoms with van der Waals surface area (Å²) in [6, 6.07) is 21.2. The van der Waals surface area contributed by atoms with Crippen molar-refractivity contribution in [2.45, 2.75) is 13.1 Å². The lowest BCUT2D eigenvalue weighted by atomic mass is 10.0. The first-order valence-electron chi connectivity index (χ1n) is 8.47. The first-order valence-corrected chi connectivity index (χ1v) is 8.47. The van der Waals surface area contributed by atoms with Gasteiger partial charge in [-0.05, 0) is 34.9 Å². The molecule has 0 saturated heterocycles. The van der Waals surface area contributed by atoms with Crippen molar-refractivity contribution in [1.29, 1.82) is 5.26 Å². The maximum absolute atomic E-state index is 13.9. The van der Waals surface area contributed by atoms with Gasteiger partial charge in [0.05, 0.1) is 17.2 Å². The molecule has 3 aromatic carbocycles. The van der Waals surface area contributed by atoms with Gasteiger partial charge in [0, 0.05) is 18.7 Å². The highest BCUT2D eigenvalue weighted by atomic mass is 19.1. The Bertz CT molecular complexity index is 1010. The van der Waals surface area contributed by atoms with E-state index in [1.165, 1.54) is 6.07 Å². The van der Waals surface area contributed by atoms with E-state index in [1.54, 1.807) is 30.3 Å². The molecule has 0 fully saturated rings. The lowest BCUT2D eigenvalue weighted by Gasteiger charge is -2.08. The molecule has 0 aromatic heterocycles. The van der Waals surface area contributed by atoms with Crippen molar-refractivity contribution in [3.8, 4) is 17.2 Å². The lowest BCUT2D eigenvalue weighted by Crippen LogP contribution is -2.23. The SMILES string of the molecule is N#Cc1ccccc1C(=O)NCc1ccc(-c2ccc(CN)c(F)c2)cc1. The van der Waals surface area contributed by atoms with E-state index in [2.05, 4.69) is 5.32 Å².